The number of hydrogen-bond donors (Lipinski definition) is 1. The molecule has 1 aromatic rings. The number of Topliss-reactive ketones (excluding diaryl/α,β-unsaturated/α-hetero) is 1. The molecule has 0 amide bonds. The molecule has 5 heteroatoms. The highest BCUT2D eigenvalue weighted by atomic mass is 32.2. The lowest BCUT2D eigenvalue weighted by molar-refractivity contribution is 0.102. The summed E-state index contributed by atoms with van der Waals surface area (Å²) in [4.78, 5) is 11.6. The van der Waals surface area contributed by atoms with Gasteiger partial charge in [0.25, 0.3) is 0 Å². The number of sulfone groups is 1. The fourth-order valence-electron chi connectivity index (χ4n) is 1.32. The van der Waals surface area contributed by atoms with Gasteiger partial charge < -0.3 is 5.73 Å². The van der Waals surface area contributed by atoms with Crippen LogP contribution in [0.25, 0.3) is 0 Å². The Morgan fingerprint density at radius 2 is 2.00 bits per heavy atom. The van der Waals surface area contributed by atoms with E-state index in [9.17, 15) is 13.2 Å². The van der Waals surface area contributed by atoms with Crippen molar-refractivity contribution < 1.29 is 13.2 Å². The maximum Gasteiger partial charge on any atom is 0.178 e. The molecule has 82 valence electrons. The van der Waals surface area contributed by atoms with E-state index in [2.05, 4.69) is 0 Å². The van der Waals surface area contributed by atoms with Crippen LogP contribution in [-0.4, -0.2) is 26.2 Å². The maximum atomic E-state index is 11.6. The molecule has 0 heterocycles. The summed E-state index contributed by atoms with van der Waals surface area (Å²) in [7, 11) is -3.28. The molecule has 15 heavy (non-hydrogen) atoms. The highest BCUT2D eigenvalue weighted by Gasteiger charge is 2.14. The van der Waals surface area contributed by atoms with Crippen LogP contribution < -0.4 is 5.73 Å². The van der Waals surface area contributed by atoms with E-state index >= 15 is 0 Å². The van der Waals surface area contributed by atoms with E-state index in [0.29, 0.717) is 16.8 Å². The molecule has 2 N–H and O–H groups in total. The topological polar surface area (TPSA) is 77.2 Å². The zero-order valence-corrected chi connectivity index (χ0v) is 9.47. The largest absolute Gasteiger partial charge is 0.399 e. The fraction of sp³-hybridized carbons (Fsp3) is 0.300. The predicted octanol–water partition coefficient (Wildman–Crippen LogP) is 0.805. The SMILES string of the molecule is Cc1cc(N)ccc1C(=O)CS(C)(=O)=O. The van der Waals surface area contributed by atoms with Gasteiger partial charge in [-0.25, -0.2) is 8.42 Å². The van der Waals surface area contributed by atoms with E-state index in [1.807, 2.05) is 0 Å². The Morgan fingerprint density at radius 3 is 2.47 bits per heavy atom. The smallest absolute Gasteiger partial charge is 0.178 e. The molecule has 4 nitrogen and oxygen atoms in total. The summed E-state index contributed by atoms with van der Waals surface area (Å²) < 4.78 is 21.9. The molecule has 1 aromatic carbocycles. The van der Waals surface area contributed by atoms with Gasteiger partial charge in [0.05, 0.1) is 0 Å². The Balaban J connectivity index is 3.02. The number of carbonyl (C=O) groups is 1. The summed E-state index contributed by atoms with van der Waals surface area (Å²) in [6.45, 7) is 1.73. The first-order valence-electron chi connectivity index (χ1n) is 4.36. The molecule has 0 aliphatic heterocycles. The number of rotatable bonds is 3. The Labute approximate surface area is 89.0 Å². The highest BCUT2D eigenvalue weighted by Crippen LogP contribution is 2.13. The average Bonchev–Trinajstić information content (AvgIpc) is 1.99. The van der Waals surface area contributed by atoms with Crippen LogP contribution >= 0.6 is 0 Å². The molecule has 0 saturated heterocycles. The second kappa shape index (κ2) is 4.02. The lowest BCUT2D eigenvalue weighted by atomic mass is 10.1. The average molecular weight is 227 g/mol. The maximum absolute atomic E-state index is 11.6. The first kappa shape index (κ1) is 11.7. The summed E-state index contributed by atoms with van der Waals surface area (Å²) in [5.74, 6) is -0.854. The minimum absolute atomic E-state index is 0.394. The third kappa shape index (κ3) is 3.36. The number of anilines is 1. The standard InChI is InChI=1S/C10H13NO3S/c1-7-5-8(11)3-4-9(7)10(12)6-15(2,13)14/h3-5H,6,11H2,1-2H3. The van der Waals surface area contributed by atoms with Gasteiger partial charge in [0.15, 0.2) is 15.6 Å². The van der Waals surface area contributed by atoms with Crippen molar-refractivity contribution in [2.24, 2.45) is 0 Å². The van der Waals surface area contributed by atoms with E-state index in [1.165, 1.54) is 0 Å². The van der Waals surface area contributed by atoms with E-state index in [4.69, 9.17) is 5.73 Å². The Hall–Kier alpha value is -1.36. The van der Waals surface area contributed by atoms with Crippen molar-refractivity contribution >= 4 is 21.3 Å². The van der Waals surface area contributed by atoms with E-state index in [0.717, 1.165) is 6.26 Å². The summed E-state index contributed by atoms with van der Waals surface area (Å²) in [5, 5.41) is 0. The molecule has 0 aromatic heterocycles. The zero-order chi connectivity index (χ0) is 11.6. The van der Waals surface area contributed by atoms with Crippen molar-refractivity contribution in [3.63, 3.8) is 0 Å². The minimum atomic E-state index is -3.28. The van der Waals surface area contributed by atoms with Gasteiger partial charge in [-0.1, -0.05) is 0 Å². The second-order valence-corrected chi connectivity index (χ2v) is 5.71. The van der Waals surface area contributed by atoms with Gasteiger partial charge in [0.1, 0.15) is 5.75 Å². The Morgan fingerprint density at radius 1 is 1.40 bits per heavy atom. The number of nitrogens with two attached hydrogens (primary N) is 1. The zero-order valence-electron chi connectivity index (χ0n) is 8.65. The van der Waals surface area contributed by atoms with Crippen LogP contribution in [0.5, 0.6) is 0 Å². The van der Waals surface area contributed by atoms with Crippen molar-refractivity contribution in [2.75, 3.05) is 17.7 Å². The molecule has 0 saturated carbocycles. The first-order chi connectivity index (χ1) is 6.79. The molecule has 0 fully saturated rings. The lowest BCUT2D eigenvalue weighted by Gasteiger charge is -2.04. The molecule has 0 aliphatic rings. The molecule has 0 unspecified atom stereocenters. The van der Waals surface area contributed by atoms with Crippen molar-refractivity contribution in [2.45, 2.75) is 6.92 Å². The molecule has 0 bridgehead atoms. The van der Waals surface area contributed by atoms with E-state index in [-0.39, 0.29) is 0 Å². The third-order valence-electron chi connectivity index (χ3n) is 1.94. The van der Waals surface area contributed by atoms with Crippen LogP contribution in [0.4, 0.5) is 5.69 Å². The van der Waals surface area contributed by atoms with Crippen molar-refractivity contribution in [3.8, 4) is 0 Å². The Bertz CT molecular complexity index is 491. The lowest BCUT2D eigenvalue weighted by Crippen LogP contribution is -2.15. The van der Waals surface area contributed by atoms with E-state index < -0.39 is 21.4 Å². The number of hydrogen-bond acceptors (Lipinski definition) is 4. The fourth-order valence-corrected chi connectivity index (χ4v) is 1.95. The van der Waals surface area contributed by atoms with Gasteiger partial charge in [-0.05, 0) is 30.7 Å². The van der Waals surface area contributed by atoms with Crippen LogP contribution in [0.1, 0.15) is 15.9 Å². The quantitative estimate of drug-likeness (QED) is 0.612. The number of nitrogen functional groups attached to an aromatic ring is 1. The van der Waals surface area contributed by atoms with Crippen LogP contribution in [0, 0.1) is 6.92 Å². The molecule has 0 atom stereocenters. The van der Waals surface area contributed by atoms with Crippen LogP contribution in [-0.2, 0) is 9.84 Å². The monoisotopic (exact) mass is 227 g/mol. The summed E-state index contributed by atoms with van der Waals surface area (Å²) in [6, 6.07) is 4.79. The van der Waals surface area contributed by atoms with Crippen molar-refractivity contribution in [1.29, 1.82) is 0 Å². The van der Waals surface area contributed by atoms with Gasteiger partial charge in [-0.2, -0.15) is 0 Å². The molecule has 0 aliphatic carbocycles. The van der Waals surface area contributed by atoms with Crippen molar-refractivity contribution in [3.05, 3.63) is 29.3 Å². The van der Waals surface area contributed by atoms with E-state index in [1.54, 1.807) is 25.1 Å². The van der Waals surface area contributed by atoms with Crippen LogP contribution in [0.2, 0.25) is 0 Å². The van der Waals surface area contributed by atoms with Crippen molar-refractivity contribution in [1.82, 2.24) is 0 Å². The Kier molecular flexibility index (Phi) is 3.14. The molecular weight excluding hydrogens is 214 g/mol. The minimum Gasteiger partial charge on any atom is -0.399 e. The molecule has 1 rings (SSSR count). The van der Waals surface area contributed by atoms with Crippen LogP contribution in [0.3, 0.4) is 0 Å². The van der Waals surface area contributed by atoms with Gasteiger partial charge >= 0.3 is 0 Å². The summed E-state index contributed by atoms with van der Waals surface area (Å²) >= 11 is 0. The molecule has 0 spiro atoms. The van der Waals surface area contributed by atoms with Gasteiger partial charge in [-0.15, -0.1) is 0 Å². The summed E-state index contributed by atoms with van der Waals surface area (Å²) in [5.41, 5.74) is 7.19. The molecule has 0 radical (unpaired) electrons. The predicted molar refractivity (Wildman–Crippen MR) is 59.6 cm³/mol. The second-order valence-electron chi connectivity index (χ2n) is 3.57. The number of benzene rings is 1. The number of aryl methyl sites for hydroxylation is 1. The number of carbonyl (C=O) groups excluding carboxylic acids is 1. The van der Waals surface area contributed by atoms with Gasteiger partial charge in [0, 0.05) is 17.5 Å². The van der Waals surface area contributed by atoms with Gasteiger partial charge in [0.2, 0.25) is 0 Å². The van der Waals surface area contributed by atoms with Gasteiger partial charge in [-0.3, -0.25) is 4.79 Å². The van der Waals surface area contributed by atoms with Crippen LogP contribution in [0.15, 0.2) is 18.2 Å². The molecular formula is C10H13NO3S. The third-order valence-corrected chi connectivity index (χ3v) is 2.73. The normalized spacial score (nSPS) is 11.3. The summed E-state index contributed by atoms with van der Waals surface area (Å²) in [6.07, 6.45) is 1.04. The first-order valence-corrected chi connectivity index (χ1v) is 6.43. The number of ketones is 1. The highest BCUT2D eigenvalue weighted by molar-refractivity contribution is 7.91.